The van der Waals surface area contributed by atoms with Gasteiger partial charge < -0.3 is 9.42 Å². The molecule has 8 heteroatoms. The molecule has 0 spiro atoms. The van der Waals surface area contributed by atoms with Crippen LogP contribution in [0.1, 0.15) is 35.9 Å². The summed E-state index contributed by atoms with van der Waals surface area (Å²) in [7, 11) is 0. The van der Waals surface area contributed by atoms with Crippen LogP contribution in [0.4, 0.5) is 13.2 Å². The summed E-state index contributed by atoms with van der Waals surface area (Å²) in [5, 5.41) is 3.88. The normalized spacial score (nSPS) is 17.3. The number of hydrogen-bond acceptors (Lipinski definition) is 4. The molecular weight excluding hydrogens is 371 g/mol. The van der Waals surface area contributed by atoms with Crippen LogP contribution in [0.5, 0.6) is 0 Å². The summed E-state index contributed by atoms with van der Waals surface area (Å²) < 4.78 is 43.4. The Morgan fingerprint density at radius 3 is 2.46 bits per heavy atom. The lowest BCUT2D eigenvalue weighted by molar-refractivity contribution is -0.137. The summed E-state index contributed by atoms with van der Waals surface area (Å²) in [5.41, 5.74) is 0.669. The summed E-state index contributed by atoms with van der Waals surface area (Å²) in [4.78, 5) is 18.3. The number of alkyl halides is 3. The largest absolute Gasteiger partial charge is 0.416 e. The van der Waals surface area contributed by atoms with E-state index in [4.69, 9.17) is 4.52 Å². The summed E-state index contributed by atoms with van der Waals surface area (Å²) in [6.07, 6.45) is -3.46. The minimum Gasteiger partial charge on any atom is -0.337 e. The molecule has 0 N–H and O–H groups in total. The maximum absolute atomic E-state index is 12.7. The number of halogens is 3. The smallest absolute Gasteiger partial charge is 0.337 e. The predicted molar refractivity (Wildman–Crippen MR) is 93.7 cm³/mol. The molecule has 4 rings (SSSR count). The van der Waals surface area contributed by atoms with E-state index in [9.17, 15) is 18.0 Å². The van der Waals surface area contributed by atoms with E-state index in [0.29, 0.717) is 24.9 Å². The zero-order valence-corrected chi connectivity index (χ0v) is 14.7. The lowest BCUT2D eigenvalue weighted by atomic mass is 10.1. The molecule has 1 amide bonds. The molecule has 1 aliphatic rings. The van der Waals surface area contributed by atoms with E-state index in [1.54, 1.807) is 4.90 Å². The van der Waals surface area contributed by atoms with Crippen LogP contribution >= 0.6 is 0 Å². The van der Waals surface area contributed by atoms with Crippen molar-refractivity contribution < 1.29 is 22.5 Å². The molecule has 5 nitrogen and oxygen atoms in total. The first-order valence-corrected chi connectivity index (χ1v) is 8.76. The van der Waals surface area contributed by atoms with E-state index in [1.807, 2.05) is 30.3 Å². The lowest BCUT2D eigenvalue weighted by Crippen LogP contribution is -2.27. The zero-order valence-electron chi connectivity index (χ0n) is 14.7. The Morgan fingerprint density at radius 2 is 1.79 bits per heavy atom. The second-order valence-electron chi connectivity index (χ2n) is 6.59. The third-order valence-electron chi connectivity index (χ3n) is 4.72. The molecule has 0 saturated carbocycles. The van der Waals surface area contributed by atoms with Gasteiger partial charge in [0.25, 0.3) is 0 Å². The van der Waals surface area contributed by atoms with E-state index >= 15 is 0 Å². The number of likely N-dealkylation sites (tertiary alicyclic amines) is 1. The number of aromatic nitrogens is 2. The Bertz CT molecular complexity index is 968. The fourth-order valence-electron chi connectivity index (χ4n) is 3.26. The standard InChI is InChI=1S/C20H16F3N3O2/c21-20(22,23)15-8-6-14(7-9-15)18-24-19(28-25-18)16-10-11-17(27)26(16)12-13-4-2-1-3-5-13/h1-9,16H,10-12H2. The number of nitrogens with zero attached hydrogens (tertiary/aromatic N) is 3. The number of benzene rings is 2. The van der Waals surface area contributed by atoms with Crippen LogP contribution in [0.2, 0.25) is 0 Å². The number of carbonyl (C=O) groups excluding carboxylic acids is 1. The molecule has 28 heavy (non-hydrogen) atoms. The maximum atomic E-state index is 12.7. The Balaban J connectivity index is 1.55. The maximum Gasteiger partial charge on any atom is 0.416 e. The van der Waals surface area contributed by atoms with E-state index in [2.05, 4.69) is 10.1 Å². The summed E-state index contributed by atoms with van der Waals surface area (Å²) in [5.74, 6) is 0.488. The van der Waals surface area contributed by atoms with Gasteiger partial charge in [-0.2, -0.15) is 18.2 Å². The fourth-order valence-corrected chi connectivity index (χ4v) is 3.26. The second kappa shape index (κ2) is 7.10. The van der Waals surface area contributed by atoms with Crippen LogP contribution in [-0.4, -0.2) is 20.9 Å². The average Bonchev–Trinajstić information content (AvgIpc) is 3.30. The van der Waals surface area contributed by atoms with Crippen LogP contribution in [-0.2, 0) is 17.5 Å². The van der Waals surface area contributed by atoms with Gasteiger partial charge in [0.15, 0.2) is 0 Å². The molecule has 144 valence electrons. The highest BCUT2D eigenvalue weighted by Gasteiger charge is 2.36. The third-order valence-corrected chi connectivity index (χ3v) is 4.72. The first-order valence-electron chi connectivity index (χ1n) is 8.76. The molecule has 3 aromatic rings. The van der Waals surface area contributed by atoms with Gasteiger partial charge in [-0.3, -0.25) is 4.79 Å². The van der Waals surface area contributed by atoms with Gasteiger partial charge in [0.1, 0.15) is 6.04 Å². The minimum absolute atomic E-state index is 0.00290. The predicted octanol–water partition coefficient (Wildman–Crippen LogP) is 4.62. The van der Waals surface area contributed by atoms with Gasteiger partial charge in [0.05, 0.1) is 5.56 Å². The molecule has 0 bridgehead atoms. The van der Waals surface area contributed by atoms with E-state index in [0.717, 1.165) is 17.7 Å². The molecule has 1 fully saturated rings. The quantitative estimate of drug-likeness (QED) is 0.656. The first kappa shape index (κ1) is 18.2. The summed E-state index contributed by atoms with van der Waals surface area (Å²) in [6.45, 7) is 0.433. The molecular formula is C20H16F3N3O2. The molecule has 1 aromatic heterocycles. The minimum atomic E-state index is -4.40. The van der Waals surface area contributed by atoms with Gasteiger partial charge in [-0.15, -0.1) is 0 Å². The van der Waals surface area contributed by atoms with Crippen molar-refractivity contribution in [1.82, 2.24) is 15.0 Å². The van der Waals surface area contributed by atoms with Crippen molar-refractivity contribution in [2.45, 2.75) is 31.6 Å². The third kappa shape index (κ3) is 3.62. The van der Waals surface area contributed by atoms with Gasteiger partial charge in [-0.1, -0.05) is 47.6 Å². The molecule has 1 saturated heterocycles. The van der Waals surface area contributed by atoms with Crippen molar-refractivity contribution in [1.29, 1.82) is 0 Å². The van der Waals surface area contributed by atoms with Crippen molar-refractivity contribution in [3.63, 3.8) is 0 Å². The molecule has 1 atom stereocenters. The number of hydrogen-bond donors (Lipinski definition) is 0. The first-order chi connectivity index (χ1) is 13.4. The highest BCUT2D eigenvalue weighted by molar-refractivity contribution is 5.78. The molecule has 1 aliphatic heterocycles. The molecule has 0 radical (unpaired) electrons. The number of carbonyl (C=O) groups is 1. The van der Waals surface area contributed by atoms with Crippen molar-refractivity contribution in [2.75, 3.05) is 0 Å². The number of rotatable bonds is 4. The van der Waals surface area contributed by atoms with Gasteiger partial charge in [0, 0.05) is 18.5 Å². The lowest BCUT2D eigenvalue weighted by Gasteiger charge is -2.22. The molecule has 2 aromatic carbocycles. The van der Waals surface area contributed by atoms with Crippen molar-refractivity contribution >= 4 is 5.91 Å². The zero-order chi connectivity index (χ0) is 19.7. The van der Waals surface area contributed by atoms with Crippen molar-refractivity contribution in [3.05, 3.63) is 71.6 Å². The van der Waals surface area contributed by atoms with Crippen molar-refractivity contribution in [2.24, 2.45) is 0 Å². The Kier molecular flexibility index (Phi) is 4.62. The molecule has 0 aliphatic carbocycles. The van der Waals surface area contributed by atoms with Gasteiger partial charge >= 0.3 is 6.18 Å². The fraction of sp³-hybridized carbons (Fsp3) is 0.250. The van der Waals surface area contributed by atoms with Gasteiger partial charge in [-0.25, -0.2) is 0 Å². The van der Waals surface area contributed by atoms with Crippen LogP contribution in [0.15, 0.2) is 59.1 Å². The Labute approximate surface area is 158 Å². The monoisotopic (exact) mass is 387 g/mol. The van der Waals surface area contributed by atoms with Crippen LogP contribution < -0.4 is 0 Å². The summed E-state index contributed by atoms with van der Waals surface area (Å²) >= 11 is 0. The van der Waals surface area contributed by atoms with Crippen LogP contribution in [0.3, 0.4) is 0 Å². The van der Waals surface area contributed by atoms with E-state index < -0.39 is 11.7 Å². The highest BCUT2D eigenvalue weighted by atomic mass is 19.4. The van der Waals surface area contributed by atoms with Gasteiger partial charge in [0.2, 0.25) is 17.6 Å². The average molecular weight is 387 g/mol. The Hall–Kier alpha value is -3.16. The van der Waals surface area contributed by atoms with Gasteiger partial charge in [-0.05, 0) is 24.1 Å². The van der Waals surface area contributed by atoms with Crippen LogP contribution in [0, 0.1) is 0 Å². The van der Waals surface area contributed by atoms with Crippen LogP contribution in [0.25, 0.3) is 11.4 Å². The highest BCUT2D eigenvalue weighted by Crippen LogP contribution is 2.35. The van der Waals surface area contributed by atoms with E-state index in [-0.39, 0.29) is 23.7 Å². The Morgan fingerprint density at radius 1 is 1.07 bits per heavy atom. The van der Waals surface area contributed by atoms with Crippen molar-refractivity contribution in [3.8, 4) is 11.4 Å². The van der Waals surface area contributed by atoms with E-state index in [1.165, 1.54) is 12.1 Å². The topological polar surface area (TPSA) is 59.2 Å². The SMILES string of the molecule is O=C1CCC(c2nc(-c3ccc(C(F)(F)F)cc3)no2)N1Cc1ccccc1. The molecule has 2 heterocycles. The number of amides is 1. The summed E-state index contributed by atoms with van der Waals surface area (Å²) in [6, 6.07) is 13.8. The second-order valence-corrected chi connectivity index (χ2v) is 6.59. The molecule has 1 unspecified atom stereocenters.